The summed E-state index contributed by atoms with van der Waals surface area (Å²) >= 11 is 0. The Hall–Kier alpha value is -4.13. The van der Waals surface area contributed by atoms with Crippen LogP contribution in [0.3, 0.4) is 0 Å². The zero-order chi connectivity index (χ0) is 22.9. The number of anilines is 3. The lowest BCUT2D eigenvalue weighted by Gasteiger charge is -2.21. The Morgan fingerprint density at radius 2 is 1.53 bits per heavy atom. The van der Waals surface area contributed by atoms with Crippen LogP contribution in [-0.4, -0.2) is 37.9 Å². The van der Waals surface area contributed by atoms with Crippen molar-refractivity contribution in [1.29, 1.82) is 0 Å². The molecule has 7 nitrogen and oxygen atoms in total. The van der Waals surface area contributed by atoms with E-state index in [1.54, 1.807) is 60.5 Å². The number of para-hydroxylation sites is 1. The van der Waals surface area contributed by atoms with Gasteiger partial charge in [-0.3, -0.25) is 14.4 Å². The predicted molar refractivity (Wildman–Crippen MR) is 127 cm³/mol. The normalized spacial score (nSPS) is 10.2. The van der Waals surface area contributed by atoms with Gasteiger partial charge in [-0.15, -0.1) is 0 Å². The van der Waals surface area contributed by atoms with Gasteiger partial charge in [0.15, 0.2) is 0 Å². The Kier molecular flexibility index (Phi) is 7.59. The highest BCUT2D eigenvalue weighted by atomic mass is 16.2. The molecule has 32 heavy (non-hydrogen) atoms. The second kappa shape index (κ2) is 10.8. The zero-order valence-electron chi connectivity index (χ0n) is 18.1. The number of hydrogen-bond acceptors (Lipinski definition) is 4. The summed E-state index contributed by atoms with van der Waals surface area (Å²) in [4.78, 5) is 38.6. The van der Waals surface area contributed by atoms with E-state index in [-0.39, 0.29) is 24.3 Å². The maximum absolute atomic E-state index is 13.0. The van der Waals surface area contributed by atoms with Crippen molar-refractivity contribution in [2.45, 2.75) is 6.92 Å². The van der Waals surface area contributed by atoms with Crippen LogP contribution in [0.2, 0.25) is 0 Å². The molecule has 3 aromatic rings. The third kappa shape index (κ3) is 5.72. The number of benzene rings is 3. The third-order valence-corrected chi connectivity index (χ3v) is 4.85. The largest absolute Gasteiger partial charge is 0.376 e. The Morgan fingerprint density at radius 1 is 0.812 bits per heavy atom. The molecule has 0 saturated carbocycles. The van der Waals surface area contributed by atoms with Crippen molar-refractivity contribution in [3.8, 4) is 0 Å². The minimum Gasteiger partial charge on any atom is -0.376 e. The minimum atomic E-state index is -0.250. The molecule has 3 rings (SSSR count). The number of nitrogens with zero attached hydrogens (tertiary/aromatic N) is 1. The first-order valence-corrected chi connectivity index (χ1v) is 10.3. The van der Waals surface area contributed by atoms with E-state index >= 15 is 0 Å². The van der Waals surface area contributed by atoms with Gasteiger partial charge in [0, 0.05) is 41.8 Å². The molecule has 3 N–H and O–H groups in total. The highest BCUT2D eigenvalue weighted by Gasteiger charge is 2.16. The number of carbonyl (C=O) groups is 3. The molecule has 7 heteroatoms. The topological polar surface area (TPSA) is 90.5 Å². The first kappa shape index (κ1) is 22.6. The monoisotopic (exact) mass is 430 g/mol. The Bertz CT molecular complexity index is 1080. The Labute approximate surface area is 187 Å². The predicted octanol–water partition coefficient (Wildman–Crippen LogP) is 3.76. The SMILES string of the molecule is CCN(C(=O)c1cccc(NC(=O)CNc2ccc(C(=O)NC)cc2)c1)c1ccccc1. The fourth-order valence-electron chi connectivity index (χ4n) is 3.21. The van der Waals surface area contributed by atoms with Crippen molar-refractivity contribution in [2.24, 2.45) is 0 Å². The van der Waals surface area contributed by atoms with Crippen LogP contribution < -0.4 is 20.9 Å². The summed E-state index contributed by atoms with van der Waals surface area (Å²) in [6, 6.07) is 23.2. The number of carbonyl (C=O) groups excluding carboxylic acids is 3. The number of nitrogens with one attached hydrogen (secondary N) is 3. The highest BCUT2D eigenvalue weighted by Crippen LogP contribution is 2.19. The summed E-state index contributed by atoms with van der Waals surface area (Å²) in [7, 11) is 1.57. The van der Waals surface area contributed by atoms with E-state index in [2.05, 4.69) is 16.0 Å². The first-order valence-electron chi connectivity index (χ1n) is 10.3. The highest BCUT2D eigenvalue weighted by molar-refractivity contribution is 6.07. The molecule has 0 aromatic heterocycles. The summed E-state index contributed by atoms with van der Waals surface area (Å²) in [5.41, 5.74) is 3.12. The van der Waals surface area contributed by atoms with E-state index in [1.165, 1.54) is 0 Å². The van der Waals surface area contributed by atoms with Gasteiger partial charge in [0.05, 0.1) is 6.54 Å². The average Bonchev–Trinajstić information content (AvgIpc) is 2.84. The fraction of sp³-hybridized carbons (Fsp3) is 0.160. The smallest absolute Gasteiger partial charge is 0.258 e. The summed E-state index contributed by atoms with van der Waals surface area (Å²) in [6.45, 7) is 2.49. The standard InChI is InChI=1S/C25H26N4O3/c1-3-29(22-10-5-4-6-11-22)25(32)19-8-7-9-21(16-19)28-23(30)17-27-20-14-12-18(13-15-20)24(31)26-2/h4-16,27H,3,17H2,1-2H3,(H,26,31)(H,28,30). The van der Waals surface area contributed by atoms with Gasteiger partial charge in [-0.1, -0.05) is 24.3 Å². The maximum atomic E-state index is 13.0. The van der Waals surface area contributed by atoms with Gasteiger partial charge in [0.1, 0.15) is 0 Å². The van der Waals surface area contributed by atoms with Gasteiger partial charge in [0.2, 0.25) is 5.91 Å². The summed E-state index contributed by atoms with van der Waals surface area (Å²) in [5.74, 6) is -0.554. The molecule has 0 aliphatic heterocycles. The second-order valence-corrected chi connectivity index (χ2v) is 7.02. The first-order chi connectivity index (χ1) is 15.5. The average molecular weight is 431 g/mol. The van der Waals surface area contributed by atoms with Crippen molar-refractivity contribution < 1.29 is 14.4 Å². The lowest BCUT2D eigenvalue weighted by Crippen LogP contribution is -2.30. The van der Waals surface area contributed by atoms with E-state index in [0.717, 1.165) is 11.4 Å². The molecule has 0 atom stereocenters. The van der Waals surface area contributed by atoms with Gasteiger partial charge in [-0.05, 0) is 61.5 Å². The second-order valence-electron chi connectivity index (χ2n) is 7.02. The molecule has 3 aromatic carbocycles. The van der Waals surface area contributed by atoms with Crippen LogP contribution in [0.15, 0.2) is 78.9 Å². The molecule has 3 amide bonds. The van der Waals surface area contributed by atoms with Gasteiger partial charge >= 0.3 is 0 Å². The van der Waals surface area contributed by atoms with E-state index in [4.69, 9.17) is 0 Å². The zero-order valence-corrected chi connectivity index (χ0v) is 18.1. The van der Waals surface area contributed by atoms with Crippen LogP contribution in [0.4, 0.5) is 17.1 Å². The quantitative estimate of drug-likeness (QED) is 0.508. The molecule has 0 aliphatic rings. The number of amides is 3. The summed E-state index contributed by atoms with van der Waals surface area (Å²) in [5, 5.41) is 8.38. The number of hydrogen-bond donors (Lipinski definition) is 3. The molecule has 0 aliphatic carbocycles. The van der Waals surface area contributed by atoms with Crippen molar-refractivity contribution in [3.05, 3.63) is 90.0 Å². The molecule has 164 valence electrons. The maximum Gasteiger partial charge on any atom is 0.258 e. The van der Waals surface area contributed by atoms with E-state index in [0.29, 0.717) is 23.4 Å². The molecular formula is C25H26N4O3. The minimum absolute atomic E-state index is 0.0442. The molecule has 0 spiro atoms. The van der Waals surface area contributed by atoms with Crippen LogP contribution in [0.5, 0.6) is 0 Å². The van der Waals surface area contributed by atoms with Gasteiger partial charge in [-0.25, -0.2) is 0 Å². The van der Waals surface area contributed by atoms with Crippen LogP contribution >= 0.6 is 0 Å². The van der Waals surface area contributed by atoms with E-state index in [9.17, 15) is 14.4 Å². The van der Waals surface area contributed by atoms with Crippen molar-refractivity contribution in [3.63, 3.8) is 0 Å². The van der Waals surface area contributed by atoms with Crippen molar-refractivity contribution in [2.75, 3.05) is 35.7 Å². The molecule has 0 unspecified atom stereocenters. The molecule has 0 radical (unpaired) electrons. The summed E-state index contributed by atoms with van der Waals surface area (Å²) < 4.78 is 0. The van der Waals surface area contributed by atoms with Gasteiger partial charge < -0.3 is 20.9 Å². The van der Waals surface area contributed by atoms with E-state index < -0.39 is 0 Å². The molecule has 0 saturated heterocycles. The molecular weight excluding hydrogens is 404 g/mol. The van der Waals surface area contributed by atoms with E-state index in [1.807, 2.05) is 37.3 Å². The summed E-state index contributed by atoms with van der Waals surface area (Å²) in [6.07, 6.45) is 0. The molecule has 0 fully saturated rings. The third-order valence-electron chi connectivity index (χ3n) is 4.85. The lowest BCUT2D eigenvalue weighted by molar-refractivity contribution is -0.114. The molecule has 0 bridgehead atoms. The van der Waals surface area contributed by atoms with Crippen molar-refractivity contribution >= 4 is 34.8 Å². The molecule has 0 heterocycles. The Balaban J connectivity index is 1.61. The number of rotatable bonds is 8. The van der Waals surface area contributed by atoms with Gasteiger partial charge in [-0.2, -0.15) is 0 Å². The Morgan fingerprint density at radius 3 is 2.19 bits per heavy atom. The lowest BCUT2D eigenvalue weighted by atomic mass is 10.1. The van der Waals surface area contributed by atoms with Gasteiger partial charge in [0.25, 0.3) is 11.8 Å². The van der Waals surface area contributed by atoms with Crippen molar-refractivity contribution in [1.82, 2.24) is 5.32 Å². The van der Waals surface area contributed by atoms with Crippen LogP contribution in [0.25, 0.3) is 0 Å². The fourth-order valence-corrected chi connectivity index (χ4v) is 3.21. The van der Waals surface area contributed by atoms with Crippen LogP contribution in [0, 0.1) is 0 Å². The van der Waals surface area contributed by atoms with Crippen LogP contribution in [0.1, 0.15) is 27.6 Å². The van der Waals surface area contributed by atoms with Crippen LogP contribution in [-0.2, 0) is 4.79 Å².